The van der Waals surface area contributed by atoms with E-state index in [9.17, 15) is 9.59 Å². The Bertz CT molecular complexity index is 942. The van der Waals surface area contributed by atoms with Gasteiger partial charge in [-0.05, 0) is 41.8 Å². The van der Waals surface area contributed by atoms with E-state index >= 15 is 0 Å². The third-order valence-electron chi connectivity index (χ3n) is 3.68. The van der Waals surface area contributed by atoms with Crippen LogP contribution in [0.25, 0.3) is 11.0 Å². The van der Waals surface area contributed by atoms with Gasteiger partial charge < -0.3 is 9.15 Å². The summed E-state index contributed by atoms with van der Waals surface area (Å²) in [5.74, 6) is -0.0523. The quantitative estimate of drug-likeness (QED) is 0.406. The molecule has 122 valence electrons. The van der Waals surface area contributed by atoms with E-state index in [1.54, 1.807) is 42.5 Å². The zero-order valence-electron chi connectivity index (χ0n) is 13.0. The van der Waals surface area contributed by atoms with Crippen molar-refractivity contribution in [2.75, 3.05) is 0 Å². The van der Waals surface area contributed by atoms with Crippen LogP contribution in [0, 0.1) is 0 Å². The minimum atomic E-state index is -0.413. The van der Waals surface area contributed by atoms with E-state index in [1.807, 2.05) is 6.92 Å². The molecule has 0 atom stereocenters. The number of esters is 1. The molecule has 0 spiro atoms. The van der Waals surface area contributed by atoms with Crippen molar-refractivity contribution < 1.29 is 13.9 Å². The highest BCUT2D eigenvalue weighted by atomic mass is 35.5. The van der Waals surface area contributed by atoms with Crippen LogP contribution in [0.3, 0.4) is 0 Å². The SMILES string of the molecule is CCc1cc(=O)oc2cc(OC(=O)Cc3ccc(Cl)cc3)ccc12. The first-order chi connectivity index (χ1) is 11.5. The molecule has 0 aliphatic carbocycles. The molecular formula is C19H15ClO4. The molecule has 24 heavy (non-hydrogen) atoms. The summed E-state index contributed by atoms with van der Waals surface area (Å²) in [5, 5.41) is 1.46. The largest absolute Gasteiger partial charge is 0.426 e. The monoisotopic (exact) mass is 342 g/mol. The second-order valence-corrected chi connectivity index (χ2v) is 5.82. The molecule has 0 aliphatic rings. The van der Waals surface area contributed by atoms with E-state index in [-0.39, 0.29) is 6.42 Å². The Morgan fingerprint density at radius 3 is 2.58 bits per heavy atom. The molecule has 4 nitrogen and oxygen atoms in total. The molecule has 0 bridgehead atoms. The van der Waals surface area contributed by atoms with E-state index in [1.165, 1.54) is 6.07 Å². The maximum atomic E-state index is 12.0. The first-order valence-corrected chi connectivity index (χ1v) is 7.95. The average molecular weight is 343 g/mol. The number of halogens is 1. The van der Waals surface area contributed by atoms with Gasteiger partial charge in [0.05, 0.1) is 6.42 Å². The van der Waals surface area contributed by atoms with Gasteiger partial charge >= 0.3 is 11.6 Å². The summed E-state index contributed by atoms with van der Waals surface area (Å²) in [4.78, 5) is 23.6. The van der Waals surface area contributed by atoms with E-state index < -0.39 is 11.6 Å². The van der Waals surface area contributed by atoms with Crippen molar-refractivity contribution in [2.24, 2.45) is 0 Å². The van der Waals surface area contributed by atoms with Gasteiger partial charge in [0, 0.05) is 22.5 Å². The number of fused-ring (bicyclic) bond motifs is 1. The third kappa shape index (κ3) is 3.66. The van der Waals surface area contributed by atoms with Gasteiger partial charge in [0.2, 0.25) is 0 Å². The number of benzene rings is 2. The fourth-order valence-corrected chi connectivity index (χ4v) is 2.63. The lowest BCUT2D eigenvalue weighted by Gasteiger charge is -2.07. The summed E-state index contributed by atoms with van der Waals surface area (Å²) in [7, 11) is 0. The van der Waals surface area contributed by atoms with Crippen LogP contribution in [0.2, 0.25) is 5.02 Å². The van der Waals surface area contributed by atoms with Gasteiger partial charge in [-0.3, -0.25) is 4.79 Å². The Morgan fingerprint density at radius 1 is 1.12 bits per heavy atom. The van der Waals surface area contributed by atoms with Crippen LogP contribution < -0.4 is 10.4 Å². The highest BCUT2D eigenvalue weighted by Crippen LogP contribution is 2.23. The predicted octanol–water partition coefficient (Wildman–Crippen LogP) is 4.16. The Labute approximate surface area is 143 Å². The lowest BCUT2D eigenvalue weighted by atomic mass is 10.1. The third-order valence-corrected chi connectivity index (χ3v) is 3.93. The summed E-state index contributed by atoms with van der Waals surface area (Å²) < 4.78 is 10.5. The topological polar surface area (TPSA) is 56.5 Å². The summed E-state index contributed by atoms with van der Waals surface area (Å²) in [6.07, 6.45) is 0.853. The smallest absolute Gasteiger partial charge is 0.336 e. The van der Waals surface area contributed by atoms with Gasteiger partial charge in [0.1, 0.15) is 11.3 Å². The Kier molecular flexibility index (Phi) is 4.67. The fourth-order valence-electron chi connectivity index (χ4n) is 2.50. The molecule has 1 heterocycles. The Morgan fingerprint density at radius 2 is 1.88 bits per heavy atom. The molecule has 0 unspecified atom stereocenters. The van der Waals surface area contributed by atoms with Crippen molar-refractivity contribution in [3.8, 4) is 5.75 Å². The summed E-state index contributed by atoms with van der Waals surface area (Å²) >= 11 is 5.82. The molecule has 0 saturated carbocycles. The molecule has 0 fully saturated rings. The van der Waals surface area contributed by atoms with Crippen LogP contribution in [0.4, 0.5) is 0 Å². The molecule has 2 aromatic carbocycles. The summed E-state index contributed by atoms with van der Waals surface area (Å²) in [5.41, 5.74) is 1.71. The minimum absolute atomic E-state index is 0.133. The fraction of sp³-hybridized carbons (Fsp3) is 0.158. The number of hydrogen-bond acceptors (Lipinski definition) is 4. The first-order valence-electron chi connectivity index (χ1n) is 7.57. The number of aryl methyl sites for hydroxylation is 1. The van der Waals surface area contributed by atoms with Crippen LogP contribution in [-0.2, 0) is 17.6 Å². The maximum absolute atomic E-state index is 12.0. The molecule has 0 amide bonds. The molecule has 0 aliphatic heterocycles. The zero-order chi connectivity index (χ0) is 17.1. The molecule has 0 saturated heterocycles. The number of ether oxygens (including phenoxy) is 1. The second kappa shape index (κ2) is 6.89. The molecular weight excluding hydrogens is 328 g/mol. The molecule has 3 rings (SSSR count). The lowest BCUT2D eigenvalue weighted by molar-refractivity contribution is -0.133. The predicted molar refractivity (Wildman–Crippen MR) is 92.7 cm³/mol. The molecule has 0 radical (unpaired) electrons. The van der Waals surface area contributed by atoms with Gasteiger partial charge in [0.25, 0.3) is 0 Å². The van der Waals surface area contributed by atoms with E-state index in [2.05, 4.69) is 0 Å². The highest BCUT2D eigenvalue weighted by molar-refractivity contribution is 6.30. The minimum Gasteiger partial charge on any atom is -0.426 e. The maximum Gasteiger partial charge on any atom is 0.336 e. The van der Waals surface area contributed by atoms with Crippen molar-refractivity contribution in [3.63, 3.8) is 0 Å². The van der Waals surface area contributed by atoms with Crippen molar-refractivity contribution in [1.29, 1.82) is 0 Å². The first kappa shape index (κ1) is 16.3. The van der Waals surface area contributed by atoms with Crippen molar-refractivity contribution in [2.45, 2.75) is 19.8 Å². The Balaban J connectivity index is 1.81. The van der Waals surface area contributed by atoms with Crippen molar-refractivity contribution in [3.05, 3.63) is 75.1 Å². The molecule has 5 heteroatoms. The molecule has 3 aromatic rings. The number of carbonyl (C=O) groups excluding carboxylic acids is 1. The second-order valence-electron chi connectivity index (χ2n) is 5.38. The van der Waals surface area contributed by atoms with Crippen LogP contribution in [0.1, 0.15) is 18.1 Å². The van der Waals surface area contributed by atoms with E-state index in [0.29, 0.717) is 16.4 Å². The van der Waals surface area contributed by atoms with Gasteiger partial charge in [-0.25, -0.2) is 4.79 Å². The van der Waals surface area contributed by atoms with Crippen molar-refractivity contribution in [1.82, 2.24) is 0 Å². The summed E-state index contributed by atoms with van der Waals surface area (Å²) in [6.45, 7) is 1.97. The standard InChI is InChI=1S/C19H15ClO4/c1-2-13-10-19(22)24-17-11-15(7-8-16(13)17)23-18(21)9-12-3-5-14(20)6-4-12/h3-8,10-11H,2,9H2,1H3. The van der Waals surface area contributed by atoms with Crippen LogP contribution >= 0.6 is 11.6 Å². The Hall–Kier alpha value is -2.59. The van der Waals surface area contributed by atoms with E-state index in [4.69, 9.17) is 20.8 Å². The van der Waals surface area contributed by atoms with Crippen LogP contribution in [0.5, 0.6) is 5.75 Å². The van der Waals surface area contributed by atoms with E-state index in [0.717, 1.165) is 22.9 Å². The number of rotatable bonds is 4. The summed E-state index contributed by atoms with van der Waals surface area (Å²) in [6, 6.07) is 13.5. The van der Waals surface area contributed by atoms with Gasteiger partial charge in [-0.15, -0.1) is 0 Å². The van der Waals surface area contributed by atoms with Gasteiger partial charge in [-0.1, -0.05) is 30.7 Å². The molecule has 0 N–H and O–H groups in total. The van der Waals surface area contributed by atoms with Gasteiger partial charge in [-0.2, -0.15) is 0 Å². The van der Waals surface area contributed by atoms with Crippen LogP contribution in [-0.4, -0.2) is 5.97 Å². The van der Waals surface area contributed by atoms with Gasteiger partial charge in [0.15, 0.2) is 0 Å². The number of hydrogen-bond donors (Lipinski definition) is 0. The lowest BCUT2D eigenvalue weighted by Crippen LogP contribution is -2.11. The van der Waals surface area contributed by atoms with Crippen LogP contribution in [0.15, 0.2) is 57.7 Å². The molecule has 1 aromatic heterocycles. The average Bonchev–Trinajstić information content (AvgIpc) is 2.55. The zero-order valence-corrected chi connectivity index (χ0v) is 13.8. The number of carbonyl (C=O) groups is 1. The normalized spacial score (nSPS) is 10.8. The van der Waals surface area contributed by atoms with Crippen molar-refractivity contribution >= 4 is 28.5 Å². The highest BCUT2D eigenvalue weighted by Gasteiger charge is 2.10.